The van der Waals surface area contributed by atoms with Crippen LogP contribution in [0.4, 0.5) is 5.82 Å². The first-order chi connectivity index (χ1) is 11.7. The Labute approximate surface area is 139 Å². The van der Waals surface area contributed by atoms with E-state index in [9.17, 15) is 4.79 Å². The number of anilines is 1. The quantitative estimate of drug-likeness (QED) is 0.774. The number of fused-ring (bicyclic) bond motifs is 1. The number of nitrogens with zero attached hydrogens (tertiary/aromatic N) is 3. The van der Waals surface area contributed by atoms with Crippen molar-refractivity contribution in [2.45, 2.75) is 18.9 Å². The van der Waals surface area contributed by atoms with Gasteiger partial charge in [-0.3, -0.25) is 4.79 Å². The number of carbonyl (C=O) groups is 1. The third kappa shape index (κ3) is 2.67. The lowest BCUT2D eigenvalue weighted by Gasteiger charge is -2.30. The molecule has 1 saturated heterocycles. The molecule has 4 heterocycles. The number of aryl methyl sites for hydroxylation is 1. The highest BCUT2D eigenvalue weighted by Gasteiger charge is 2.35. The van der Waals surface area contributed by atoms with Crippen LogP contribution in [0.5, 0.6) is 0 Å². The maximum atomic E-state index is 12.8. The lowest BCUT2D eigenvalue weighted by atomic mass is 9.92. The fourth-order valence-electron chi connectivity index (χ4n) is 3.19. The molecular weight excluding hydrogens is 306 g/mol. The Bertz CT molecular complexity index is 869. The minimum absolute atomic E-state index is 0.0786. The van der Waals surface area contributed by atoms with Gasteiger partial charge in [0.2, 0.25) is 5.91 Å². The summed E-state index contributed by atoms with van der Waals surface area (Å²) < 4.78 is 7.77. The number of carbonyl (C=O) groups excluding carboxylic acids is 1. The minimum atomic E-state index is -0.324. The van der Waals surface area contributed by atoms with E-state index in [1.165, 1.54) is 0 Å². The normalized spacial score (nSPS) is 21.0. The zero-order valence-corrected chi connectivity index (χ0v) is 13.4. The Hall–Kier alpha value is -2.67. The number of ether oxygens (including phenoxy) is 1. The second-order valence-corrected chi connectivity index (χ2v) is 6.06. The Balaban J connectivity index is 1.56. The van der Waals surface area contributed by atoms with Crippen LogP contribution in [0.2, 0.25) is 0 Å². The number of imidazole rings is 1. The fraction of sp³-hybridized carbons (Fsp3) is 0.353. The molecule has 7 nitrogen and oxygen atoms in total. The highest BCUT2D eigenvalue weighted by atomic mass is 16.5. The number of H-pyrrole nitrogens is 1. The van der Waals surface area contributed by atoms with Crippen molar-refractivity contribution in [2.24, 2.45) is 13.0 Å². The number of nitrogens with one attached hydrogen (secondary N) is 2. The van der Waals surface area contributed by atoms with Gasteiger partial charge in [0.05, 0.1) is 17.6 Å². The Morgan fingerprint density at radius 3 is 3.21 bits per heavy atom. The molecule has 2 atom stereocenters. The average molecular weight is 325 g/mol. The largest absolute Gasteiger partial charge is 0.369 e. The summed E-state index contributed by atoms with van der Waals surface area (Å²) in [5.41, 5.74) is 0.944. The Morgan fingerprint density at radius 1 is 1.46 bits per heavy atom. The minimum Gasteiger partial charge on any atom is -0.369 e. The average Bonchev–Trinajstić information content (AvgIpc) is 3.23. The van der Waals surface area contributed by atoms with Crippen LogP contribution in [-0.4, -0.2) is 32.0 Å². The highest BCUT2D eigenvalue weighted by Crippen LogP contribution is 2.33. The van der Waals surface area contributed by atoms with Gasteiger partial charge in [0.25, 0.3) is 0 Å². The molecule has 1 aliphatic rings. The van der Waals surface area contributed by atoms with Crippen molar-refractivity contribution in [2.75, 3.05) is 11.9 Å². The van der Waals surface area contributed by atoms with E-state index in [-0.39, 0.29) is 17.9 Å². The maximum absolute atomic E-state index is 12.8. The van der Waals surface area contributed by atoms with E-state index in [0.717, 1.165) is 29.6 Å². The molecule has 1 amide bonds. The molecule has 3 aromatic rings. The molecule has 0 unspecified atom stereocenters. The van der Waals surface area contributed by atoms with Gasteiger partial charge >= 0.3 is 0 Å². The Kier molecular flexibility index (Phi) is 3.78. The van der Waals surface area contributed by atoms with Gasteiger partial charge < -0.3 is 19.6 Å². The SMILES string of the molecule is Cn1ccnc1[C@H]1OCCC[C@@H]1C(=O)Nc1cc2cc[nH]c2cn1. The molecule has 0 radical (unpaired) electrons. The van der Waals surface area contributed by atoms with E-state index >= 15 is 0 Å². The zero-order valence-electron chi connectivity index (χ0n) is 13.4. The first-order valence-corrected chi connectivity index (χ1v) is 8.05. The van der Waals surface area contributed by atoms with E-state index in [4.69, 9.17) is 4.74 Å². The topological polar surface area (TPSA) is 84.8 Å². The number of pyridine rings is 1. The molecule has 24 heavy (non-hydrogen) atoms. The van der Waals surface area contributed by atoms with E-state index < -0.39 is 0 Å². The van der Waals surface area contributed by atoms with Crippen molar-refractivity contribution >= 4 is 22.6 Å². The molecule has 124 valence electrons. The molecule has 0 spiro atoms. The Morgan fingerprint density at radius 2 is 2.38 bits per heavy atom. The van der Waals surface area contributed by atoms with Crippen molar-refractivity contribution < 1.29 is 9.53 Å². The summed E-state index contributed by atoms with van der Waals surface area (Å²) in [7, 11) is 1.91. The van der Waals surface area contributed by atoms with Crippen molar-refractivity contribution in [3.05, 3.63) is 42.7 Å². The van der Waals surface area contributed by atoms with E-state index in [1.54, 1.807) is 12.4 Å². The van der Waals surface area contributed by atoms with E-state index in [1.807, 2.05) is 36.1 Å². The van der Waals surface area contributed by atoms with E-state index in [2.05, 4.69) is 20.3 Å². The smallest absolute Gasteiger partial charge is 0.231 e. The molecule has 0 aromatic carbocycles. The van der Waals surface area contributed by atoms with Crippen molar-refractivity contribution in [3.8, 4) is 0 Å². The number of amides is 1. The summed E-state index contributed by atoms with van der Waals surface area (Å²) in [6.45, 7) is 0.648. The summed E-state index contributed by atoms with van der Waals surface area (Å²) >= 11 is 0. The van der Waals surface area contributed by atoms with Crippen LogP contribution in [-0.2, 0) is 16.6 Å². The second-order valence-electron chi connectivity index (χ2n) is 6.06. The number of aromatic amines is 1. The molecule has 4 rings (SSSR count). The third-order valence-electron chi connectivity index (χ3n) is 4.46. The van der Waals surface area contributed by atoms with Crippen LogP contribution in [0.3, 0.4) is 0 Å². The van der Waals surface area contributed by atoms with Crippen molar-refractivity contribution in [1.29, 1.82) is 0 Å². The number of aromatic nitrogens is 4. The van der Waals surface area contributed by atoms with Gasteiger partial charge in [-0.25, -0.2) is 9.97 Å². The van der Waals surface area contributed by atoms with Gasteiger partial charge in [0, 0.05) is 37.6 Å². The molecule has 1 fully saturated rings. The molecule has 0 saturated carbocycles. The summed E-state index contributed by atoms with van der Waals surface area (Å²) in [5, 5.41) is 3.94. The summed E-state index contributed by atoms with van der Waals surface area (Å²) in [6, 6.07) is 3.82. The predicted molar refractivity (Wildman–Crippen MR) is 89.3 cm³/mol. The molecule has 2 N–H and O–H groups in total. The van der Waals surface area contributed by atoms with Crippen LogP contribution in [0.15, 0.2) is 36.9 Å². The van der Waals surface area contributed by atoms with Gasteiger partial charge in [0.15, 0.2) is 0 Å². The molecular formula is C17H19N5O2. The van der Waals surface area contributed by atoms with Gasteiger partial charge in [-0.15, -0.1) is 0 Å². The monoisotopic (exact) mass is 325 g/mol. The van der Waals surface area contributed by atoms with Crippen LogP contribution in [0.1, 0.15) is 24.8 Å². The van der Waals surface area contributed by atoms with Crippen LogP contribution >= 0.6 is 0 Å². The summed E-state index contributed by atoms with van der Waals surface area (Å²) in [5.74, 6) is 0.980. The molecule has 3 aromatic heterocycles. The lowest BCUT2D eigenvalue weighted by Crippen LogP contribution is -2.34. The van der Waals surface area contributed by atoms with Crippen molar-refractivity contribution in [1.82, 2.24) is 19.5 Å². The number of hydrogen-bond acceptors (Lipinski definition) is 4. The number of hydrogen-bond donors (Lipinski definition) is 2. The van der Waals surface area contributed by atoms with E-state index in [0.29, 0.717) is 12.4 Å². The van der Waals surface area contributed by atoms with Gasteiger partial charge in [-0.2, -0.15) is 0 Å². The molecule has 0 bridgehead atoms. The second kappa shape index (κ2) is 6.09. The number of rotatable bonds is 3. The third-order valence-corrected chi connectivity index (χ3v) is 4.46. The van der Waals surface area contributed by atoms with Gasteiger partial charge in [0.1, 0.15) is 17.7 Å². The van der Waals surface area contributed by atoms with Crippen LogP contribution < -0.4 is 5.32 Å². The fourth-order valence-corrected chi connectivity index (χ4v) is 3.19. The summed E-state index contributed by atoms with van der Waals surface area (Å²) in [4.78, 5) is 24.5. The first kappa shape index (κ1) is 14.9. The first-order valence-electron chi connectivity index (χ1n) is 8.05. The molecule has 7 heteroatoms. The maximum Gasteiger partial charge on any atom is 0.231 e. The molecule has 1 aliphatic heterocycles. The zero-order chi connectivity index (χ0) is 16.5. The van der Waals surface area contributed by atoms with Crippen LogP contribution in [0, 0.1) is 5.92 Å². The van der Waals surface area contributed by atoms with Crippen LogP contribution in [0.25, 0.3) is 10.9 Å². The van der Waals surface area contributed by atoms with Gasteiger partial charge in [-0.1, -0.05) is 0 Å². The standard InChI is InChI=1S/C17H19N5O2/c1-22-7-6-19-16(22)15-12(3-2-8-24-15)17(23)21-14-9-11-4-5-18-13(11)10-20-14/h4-7,9-10,12,15,18H,2-3,8H2,1H3,(H,20,21,23)/t12-,15-/m0/s1. The van der Waals surface area contributed by atoms with Crippen molar-refractivity contribution in [3.63, 3.8) is 0 Å². The molecule has 0 aliphatic carbocycles. The highest BCUT2D eigenvalue weighted by molar-refractivity contribution is 5.94. The van der Waals surface area contributed by atoms with Gasteiger partial charge in [-0.05, 0) is 25.0 Å². The predicted octanol–water partition coefficient (Wildman–Crippen LogP) is 2.40. The summed E-state index contributed by atoms with van der Waals surface area (Å²) in [6.07, 6.45) is 8.48. The lowest BCUT2D eigenvalue weighted by molar-refractivity contribution is -0.130.